The molecular formula is C35H34FN3O4. The Kier molecular flexibility index (Phi) is 7.45. The monoisotopic (exact) mass is 579 g/mol. The Bertz CT molecular complexity index is 1710. The van der Waals surface area contributed by atoms with Crippen molar-refractivity contribution in [3.8, 4) is 11.5 Å². The van der Waals surface area contributed by atoms with E-state index in [0.29, 0.717) is 56.1 Å². The number of hydrogen-bond acceptors (Lipinski definition) is 6. The van der Waals surface area contributed by atoms with Crippen LogP contribution in [0.5, 0.6) is 11.5 Å². The molecule has 43 heavy (non-hydrogen) atoms. The van der Waals surface area contributed by atoms with Gasteiger partial charge in [-0.1, -0.05) is 18.2 Å². The number of carbonyl (C=O) groups is 1. The highest BCUT2D eigenvalue weighted by molar-refractivity contribution is 5.92. The number of aryl methyl sites for hydroxylation is 2. The fourth-order valence-corrected chi connectivity index (χ4v) is 6.31. The molecule has 7 nitrogen and oxygen atoms in total. The van der Waals surface area contributed by atoms with E-state index in [1.54, 1.807) is 23.1 Å². The molecule has 0 atom stereocenters. The Balaban J connectivity index is 1.26. The normalized spacial score (nSPS) is 16.3. The summed E-state index contributed by atoms with van der Waals surface area (Å²) in [6.45, 7) is 2.25. The van der Waals surface area contributed by atoms with E-state index in [1.165, 1.54) is 29.3 Å². The molecule has 3 aliphatic rings. The molecule has 3 aromatic carbocycles. The van der Waals surface area contributed by atoms with Crippen molar-refractivity contribution in [2.24, 2.45) is 0 Å². The number of aliphatic hydroxyl groups is 1. The number of carbonyl (C=O) groups excluding carboxylic acids is 1. The van der Waals surface area contributed by atoms with E-state index in [1.807, 2.05) is 18.2 Å². The van der Waals surface area contributed by atoms with Crippen LogP contribution in [0.4, 0.5) is 10.2 Å². The summed E-state index contributed by atoms with van der Waals surface area (Å²) in [5.74, 6) is 1.66. The lowest BCUT2D eigenvalue weighted by Crippen LogP contribution is -2.37. The average Bonchev–Trinajstić information content (AvgIpc) is 3.67. The predicted molar refractivity (Wildman–Crippen MR) is 163 cm³/mol. The van der Waals surface area contributed by atoms with Crippen molar-refractivity contribution >= 4 is 28.7 Å². The molecule has 1 aliphatic carbocycles. The highest BCUT2D eigenvalue weighted by atomic mass is 19.1. The van der Waals surface area contributed by atoms with E-state index < -0.39 is 0 Å². The number of anilines is 1. The van der Waals surface area contributed by atoms with E-state index in [9.17, 15) is 14.3 Å². The standard InChI is InChI=1S/C35H34FN3O4/c36-29-6-1-3-23(15-29)8-10-34(41)39(20-24-7-9-32-33(16-24)43-22-42-32)21-28-18-27-17-25-4-2-5-26(25)19-31(27)37-35(28)38-13-11-30(40)12-14-38/h1,3,6-10,15-19,30,40H,2,4-5,11-14,20-22H2. The second-order valence-electron chi connectivity index (χ2n) is 11.6. The first-order valence-corrected chi connectivity index (χ1v) is 15.0. The fourth-order valence-electron chi connectivity index (χ4n) is 6.31. The number of piperidine rings is 1. The minimum atomic E-state index is -0.350. The lowest BCUT2D eigenvalue weighted by Gasteiger charge is -2.33. The molecule has 1 saturated heterocycles. The smallest absolute Gasteiger partial charge is 0.247 e. The van der Waals surface area contributed by atoms with Crippen molar-refractivity contribution in [3.05, 3.63) is 100 Å². The molecular weight excluding hydrogens is 545 g/mol. The average molecular weight is 580 g/mol. The molecule has 1 fully saturated rings. The second-order valence-corrected chi connectivity index (χ2v) is 11.6. The number of nitrogens with zero attached hydrogens (tertiary/aromatic N) is 3. The van der Waals surface area contributed by atoms with Gasteiger partial charge in [-0.05, 0) is 103 Å². The largest absolute Gasteiger partial charge is 0.454 e. The van der Waals surface area contributed by atoms with Crippen LogP contribution in [0.2, 0.25) is 0 Å². The van der Waals surface area contributed by atoms with Gasteiger partial charge in [-0.2, -0.15) is 0 Å². The molecule has 1 aromatic heterocycles. The van der Waals surface area contributed by atoms with Gasteiger partial charge in [0, 0.05) is 43.2 Å². The number of aromatic nitrogens is 1. The molecule has 0 spiro atoms. The number of aliphatic hydroxyl groups excluding tert-OH is 1. The SMILES string of the molecule is O=C(C=Cc1cccc(F)c1)N(Cc1ccc2c(c1)OCO2)Cc1cc2cc3c(cc2nc1N1CCC(O)CC1)CCC3. The van der Waals surface area contributed by atoms with Crippen LogP contribution < -0.4 is 14.4 Å². The van der Waals surface area contributed by atoms with Crippen LogP contribution in [0.3, 0.4) is 0 Å². The van der Waals surface area contributed by atoms with E-state index in [-0.39, 0.29) is 24.6 Å². The molecule has 0 bridgehead atoms. The van der Waals surface area contributed by atoms with Gasteiger partial charge in [0.15, 0.2) is 11.5 Å². The van der Waals surface area contributed by atoms with Crippen LogP contribution in [0.1, 0.15) is 47.1 Å². The van der Waals surface area contributed by atoms with E-state index in [4.69, 9.17) is 14.5 Å². The zero-order chi connectivity index (χ0) is 29.3. The molecule has 2 aliphatic heterocycles. The topological polar surface area (TPSA) is 75.1 Å². The van der Waals surface area contributed by atoms with Gasteiger partial charge in [0.25, 0.3) is 0 Å². The van der Waals surface area contributed by atoms with Gasteiger partial charge < -0.3 is 24.4 Å². The maximum absolute atomic E-state index is 13.8. The van der Waals surface area contributed by atoms with Gasteiger partial charge >= 0.3 is 0 Å². The zero-order valence-electron chi connectivity index (χ0n) is 24.0. The van der Waals surface area contributed by atoms with Crippen LogP contribution >= 0.6 is 0 Å². The van der Waals surface area contributed by atoms with Crippen LogP contribution in [-0.2, 0) is 30.7 Å². The van der Waals surface area contributed by atoms with Crippen molar-refractivity contribution in [2.45, 2.75) is 51.3 Å². The fraction of sp³-hybridized carbons (Fsp3) is 0.314. The molecule has 8 heteroatoms. The van der Waals surface area contributed by atoms with Gasteiger partial charge in [-0.3, -0.25) is 4.79 Å². The number of rotatable bonds is 7. The first kappa shape index (κ1) is 27.4. The van der Waals surface area contributed by atoms with Crippen LogP contribution in [0.15, 0.2) is 66.7 Å². The molecule has 1 amide bonds. The number of hydrogen-bond donors (Lipinski definition) is 1. The summed E-state index contributed by atoms with van der Waals surface area (Å²) < 4.78 is 24.9. The first-order valence-electron chi connectivity index (χ1n) is 15.0. The molecule has 0 saturated carbocycles. The lowest BCUT2D eigenvalue weighted by atomic mass is 10.0. The molecule has 4 aromatic rings. The first-order chi connectivity index (χ1) is 21.0. The number of fused-ring (bicyclic) bond motifs is 3. The van der Waals surface area contributed by atoms with E-state index in [0.717, 1.165) is 47.1 Å². The third-order valence-electron chi connectivity index (χ3n) is 8.60. The number of ether oxygens (including phenoxy) is 2. The summed E-state index contributed by atoms with van der Waals surface area (Å²) in [7, 11) is 0. The summed E-state index contributed by atoms with van der Waals surface area (Å²) in [6.07, 6.45) is 7.51. The number of pyridine rings is 1. The van der Waals surface area contributed by atoms with E-state index in [2.05, 4.69) is 23.1 Å². The van der Waals surface area contributed by atoms with Gasteiger partial charge in [0.2, 0.25) is 12.7 Å². The summed E-state index contributed by atoms with van der Waals surface area (Å²) in [5.41, 5.74) is 6.19. The van der Waals surface area contributed by atoms with Crippen molar-refractivity contribution in [1.29, 1.82) is 0 Å². The Hall–Kier alpha value is -4.43. The molecule has 220 valence electrons. The third-order valence-corrected chi connectivity index (χ3v) is 8.60. The molecule has 0 unspecified atom stereocenters. The maximum Gasteiger partial charge on any atom is 0.247 e. The quantitative estimate of drug-likeness (QED) is 0.279. The van der Waals surface area contributed by atoms with Crippen molar-refractivity contribution in [3.63, 3.8) is 0 Å². The zero-order valence-corrected chi connectivity index (χ0v) is 24.0. The molecule has 3 heterocycles. The summed E-state index contributed by atoms with van der Waals surface area (Å²) >= 11 is 0. The van der Waals surface area contributed by atoms with Gasteiger partial charge in [-0.15, -0.1) is 0 Å². The van der Waals surface area contributed by atoms with Crippen molar-refractivity contribution in [1.82, 2.24) is 9.88 Å². The Morgan fingerprint density at radius 3 is 2.65 bits per heavy atom. The summed E-state index contributed by atoms with van der Waals surface area (Å²) in [5, 5.41) is 11.3. The Morgan fingerprint density at radius 2 is 1.81 bits per heavy atom. The predicted octanol–water partition coefficient (Wildman–Crippen LogP) is 5.79. The highest BCUT2D eigenvalue weighted by Crippen LogP contribution is 2.34. The highest BCUT2D eigenvalue weighted by Gasteiger charge is 2.25. The number of halogens is 1. The van der Waals surface area contributed by atoms with Gasteiger partial charge in [0.1, 0.15) is 11.6 Å². The minimum Gasteiger partial charge on any atom is -0.454 e. The number of benzene rings is 3. The van der Waals surface area contributed by atoms with E-state index >= 15 is 0 Å². The maximum atomic E-state index is 13.8. The molecule has 0 radical (unpaired) electrons. The van der Waals surface area contributed by atoms with Gasteiger partial charge in [-0.25, -0.2) is 9.37 Å². The Labute approximate surface area is 250 Å². The van der Waals surface area contributed by atoms with Crippen molar-refractivity contribution in [2.75, 3.05) is 24.8 Å². The van der Waals surface area contributed by atoms with Crippen LogP contribution in [0.25, 0.3) is 17.0 Å². The minimum absolute atomic E-state index is 0.179. The second kappa shape index (κ2) is 11.7. The van der Waals surface area contributed by atoms with Crippen LogP contribution in [0, 0.1) is 5.82 Å². The third kappa shape index (κ3) is 5.92. The number of amides is 1. The van der Waals surface area contributed by atoms with Gasteiger partial charge in [0.05, 0.1) is 11.6 Å². The Morgan fingerprint density at radius 1 is 1.00 bits per heavy atom. The van der Waals surface area contributed by atoms with Crippen LogP contribution in [-0.4, -0.2) is 46.9 Å². The summed E-state index contributed by atoms with van der Waals surface area (Å²) in [6, 6.07) is 18.6. The lowest BCUT2D eigenvalue weighted by molar-refractivity contribution is -0.127. The molecule has 7 rings (SSSR count). The summed E-state index contributed by atoms with van der Waals surface area (Å²) in [4.78, 5) is 23.0. The molecule has 1 N–H and O–H groups in total. The van der Waals surface area contributed by atoms with Crippen molar-refractivity contribution < 1.29 is 23.8 Å².